The van der Waals surface area contributed by atoms with Gasteiger partial charge in [0.15, 0.2) is 0 Å². The Morgan fingerprint density at radius 3 is 2.25 bits per heavy atom. The molecule has 112 valence electrons. The molecule has 1 aromatic carbocycles. The van der Waals surface area contributed by atoms with Crippen LogP contribution in [0.3, 0.4) is 0 Å². The topological polar surface area (TPSA) is 46.3 Å². The first-order valence-electron chi connectivity index (χ1n) is 7.23. The lowest BCUT2D eigenvalue weighted by Gasteiger charge is -2.28. The van der Waals surface area contributed by atoms with E-state index < -0.39 is 0 Å². The van der Waals surface area contributed by atoms with Crippen LogP contribution >= 0.6 is 0 Å². The third kappa shape index (κ3) is 5.33. The van der Waals surface area contributed by atoms with Crippen LogP contribution in [0.1, 0.15) is 38.3 Å². The van der Waals surface area contributed by atoms with Gasteiger partial charge < -0.3 is 10.6 Å². The Hall–Kier alpha value is -1.35. The van der Waals surface area contributed by atoms with Gasteiger partial charge in [-0.25, -0.2) is 0 Å². The molecule has 2 N–H and O–H groups in total. The summed E-state index contributed by atoms with van der Waals surface area (Å²) < 4.78 is 0. The van der Waals surface area contributed by atoms with E-state index in [1.807, 2.05) is 7.05 Å². The lowest BCUT2D eigenvalue weighted by Crippen LogP contribution is -2.38. The molecule has 0 heterocycles. The highest BCUT2D eigenvalue weighted by atomic mass is 16.2. The van der Waals surface area contributed by atoms with E-state index in [0.717, 1.165) is 12.0 Å². The van der Waals surface area contributed by atoms with Crippen LogP contribution in [0, 0.1) is 18.3 Å². The largest absolute Gasteiger partial charge is 0.341 e. The average Bonchev–Trinajstić information content (AvgIpc) is 2.36. The van der Waals surface area contributed by atoms with Crippen LogP contribution in [0.5, 0.6) is 0 Å². The maximum atomic E-state index is 12.5. The molecule has 0 aliphatic rings. The highest BCUT2D eigenvalue weighted by Crippen LogP contribution is 2.25. The van der Waals surface area contributed by atoms with Crippen LogP contribution in [0.25, 0.3) is 0 Å². The first-order valence-corrected chi connectivity index (χ1v) is 7.23. The molecule has 1 rings (SSSR count). The van der Waals surface area contributed by atoms with E-state index in [1.54, 1.807) is 4.90 Å². The second-order valence-electron chi connectivity index (χ2n) is 6.88. The van der Waals surface area contributed by atoms with Crippen molar-refractivity contribution in [2.24, 2.45) is 17.1 Å². The Morgan fingerprint density at radius 1 is 1.25 bits per heavy atom. The zero-order chi connectivity index (χ0) is 15.3. The van der Waals surface area contributed by atoms with Crippen LogP contribution in [-0.2, 0) is 11.3 Å². The van der Waals surface area contributed by atoms with Gasteiger partial charge in [-0.15, -0.1) is 0 Å². The molecule has 0 spiro atoms. The predicted octanol–water partition coefficient (Wildman–Crippen LogP) is 2.96. The van der Waals surface area contributed by atoms with Crippen molar-refractivity contribution in [1.29, 1.82) is 0 Å². The van der Waals surface area contributed by atoms with Gasteiger partial charge in [-0.05, 0) is 24.3 Å². The molecule has 0 saturated carbocycles. The van der Waals surface area contributed by atoms with Gasteiger partial charge in [0, 0.05) is 20.1 Å². The minimum absolute atomic E-state index is 0.0922. The highest BCUT2D eigenvalue weighted by molar-refractivity contribution is 5.78. The standard InChI is InChI=1S/C17H28N2O/c1-13-6-8-14(9-7-13)12-19(5)16(20)15(11-18)10-17(2,3)4/h6-9,15H,10-12,18H2,1-5H3. The molecule has 3 heteroatoms. The average molecular weight is 276 g/mol. The van der Waals surface area contributed by atoms with Crippen molar-refractivity contribution in [2.45, 2.75) is 40.7 Å². The molecule has 20 heavy (non-hydrogen) atoms. The number of nitrogens with two attached hydrogens (primary N) is 1. The van der Waals surface area contributed by atoms with Crippen molar-refractivity contribution in [3.05, 3.63) is 35.4 Å². The summed E-state index contributed by atoms with van der Waals surface area (Å²) in [5.41, 5.74) is 8.28. The second kappa shape index (κ2) is 6.89. The molecule has 1 atom stereocenters. The summed E-state index contributed by atoms with van der Waals surface area (Å²) in [6.45, 7) is 9.54. The fourth-order valence-corrected chi connectivity index (χ4v) is 2.37. The Bertz CT molecular complexity index is 431. The molecule has 0 radical (unpaired) electrons. The van der Waals surface area contributed by atoms with E-state index >= 15 is 0 Å². The minimum atomic E-state index is -0.0922. The molecule has 1 unspecified atom stereocenters. The molecule has 0 aromatic heterocycles. The van der Waals surface area contributed by atoms with E-state index in [1.165, 1.54) is 5.56 Å². The summed E-state index contributed by atoms with van der Waals surface area (Å²) in [7, 11) is 1.85. The maximum Gasteiger partial charge on any atom is 0.227 e. The molecule has 0 fully saturated rings. The first-order chi connectivity index (χ1) is 9.23. The summed E-state index contributed by atoms with van der Waals surface area (Å²) in [4.78, 5) is 14.3. The van der Waals surface area contributed by atoms with Crippen LogP contribution in [0.4, 0.5) is 0 Å². The van der Waals surface area contributed by atoms with Crippen molar-refractivity contribution in [3.63, 3.8) is 0 Å². The van der Waals surface area contributed by atoms with Crippen molar-refractivity contribution in [3.8, 4) is 0 Å². The lowest BCUT2D eigenvalue weighted by atomic mass is 9.84. The van der Waals surface area contributed by atoms with Crippen molar-refractivity contribution < 1.29 is 4.79 Å². The SMILES string of the molecule is Cc1ccc(CN(C)C(=O)C(CN)CC(C)(C)C)cc1. The number of carbonyl (C=O) groups is 1. The number of rotatable bonds is 5. The van der Waals surface area contributed by atoms with Crippen LogP contribution in [0.15, 0.2) is 24.3 Å². The van der Waals surface area contributed by atoms with E-state index in [9.17, 15) is 4.79 Å². The van der Waals surface area contributed by atoms with Crippen LogP contribution in [0.2, 0.25) is 0 Å². The summed E-state index contributed by atoms with van der Waals surface area (Å²) >= 11 is 0. The molecule has 0 bridgehead atoms. The fraction of sp³-hybridized carbons (Fsp3) is 0.588. The van der Waals surface area contributed by atoms with Crippen molar-refractivity contribution in [2.75, 3.05) is 13.6 Å². The quantitative estimate of drug-likeness (QED) is 0.898. The normalized spacial score (nSPS) is 13.1. The number of aryl methyl sites for hydroxylation is 1. The van der Waals surface area contributed by atoms with E-state index in [2.05, 4.69) is 52.0 Å². The number of amides is 1. The number of carbonyl (C=O) groups excluding carboxylic acids is 1. The number of nitrogens with zero attached hydrogens (tertiary/aromatic N) is 1. The van der Waals surface area contributed by atoms with Crippen molar-refractivity contribution in [1.82, 2.24) is 4.90 Å². The zero-order valence-corrected chi connectivity index (χ0v) is 13.4. The maximum absolute atomic E-state index is 12.5. The first kappa shape index (κ1) is 16.7. The highest BCUT2D eigenvalue weighted by Gasteiger charge is 2.26. The van der Waals surface area contributed by atoms with E-state index in [0.29, 0.717) is 13.1 Å². The molecule has 0 aliphatic heterocycles. The lowest BCUT2D eigenvalue weighted by molar-refractivity contribution is -0.135. The molecule has 3 nitrogen and oxygen atoms in total. The van der Waals surface area contributed by atoms with Gasteiger partial charge >= 0.3 is 0 Å². The van der Waals surface area contributed by atoms with Gasteiger partial charge in [-0.1, -0.05) is 50.6 Å². The van der Waals surface area contributed by atoms with Gasteiger partial charge in [-0.2, -0.15) is 0 Å². The number of hydrogen-bond donors (Lipinski definition) is 1. The van der Waals surface area contributed by atoms with Crippen LogP contribution in [-0.4, -0.2) is 24.4 Å². The smallest absolute Gasteiger partial charge is 0.227 e. The Labute approximate surface area is 123 Å². The van der Waals surface area contributed by atoms with Gasteiger partial charge in [0.25, 0.3) is 0 Å². The zero-order valence-electron chi connectivity index (χ0n) is 13.4. The third-order valence-electron chi connectivity index (χ3n) is 3.41. The molecule has 1 aromatic rings. The molecule has 1 amide bonds. The Kier molecular flexibility index (Phi) is 5.75. The van der Waals surface area contributed by atoms with E-state index in [4.69, 9.17) is 5.73 Å². The van der Waals surface area contributed by atoms with Gasteiger partial charge in [-0.3, -0.25) is 4.79 Å². The van der Waals surface area contributed by atoms with Gasteiger partial charge in [0.2, 0.25) is 5.91 Å². The molecule has 0 saturated heterocycles. The summed E-state index contributed by atoms with van der Waals surface area (Å²) in [6.07, 6.45) is 0.820. The summed E-state index contributed by atoms with van der Waals surface area (Å²) in [5, 5.41) is 0. The summed E-state index contributed by atoms with van der Waals surface area (Å²) in [6, 6.07) is 8.28. The van der Waals surface area contributed by atoms with Gasteiger partial charge in [0.05, 0.1) is 5.92 Å². The molecule has 0 aliphatic carbocycles. The van der Waals surface area contributed by atoms with Crippen molar-refractivity contribution >= 4 is 5.91 Å². The number of hydrogen-bond acceptors (Lipinski definition) is 2. The van der Waals surface area contributed by atoms with Gasteiger partial charge in [0.1, 0.15) is 0 Å². The van der Waals surface area contributed by atoms with E-state index in [-0.39, 0.29) is 17.2 Å². The predicted molar refractivity (Wildman–Crippen MR) is 84.3 cm³/mol. The Balaban J connectivity index is 2.67. The summed E-state index contributed by atoms with van der Waals surface area (Å²) in [5.74, 6) is 0.0495. The monoisotopic (exact) mass is 276 g/mol. The molecular formula is C17H28N2O. The number of benzene rings is 1. The minimum Gasteiger partial charge on any atom is -0.341 e. The van der Waals surface area contributed by atoms with Crippen LogP contribution < -0.4 is 5.73 Å². The fourth-order valence-electron chi connectivity index (χ4n) is 2.37. The molecular weight excluding hydrogens is 248 g/mol. The third-order valence-corrected chi connectivity index (χ3v) is 3.41. The second-order valence-corrected chi connectivity index (χ2v) is 6.88. The Morgan fingerprint density at radius 2 is 1.80 bits per heavy atom.